The zero-order chi connectivity index (χ0) is 17.2. The summed E-state index contributed by atoms with van der Waals surface area (Å²) in [4.78, 5) is 17.7. The van der Waals surface area contributed by atoms with Crippen LogP contribution in [0.1, 0.15) is 24.0 Å². The largest absolute Gasteiger partial charge is 0.324 e. The van der Waals surface area contributed by atoms with Crippen molar-refractivity contribution >= 4 is 5.78 Å². The van der Waals surface area contributed by atoms with E-state index in [4.69, 9.17) is 5.26 Å². The molecule has 4 rings (SSSR count). The highest BCUT2D eigenvalue weighted by molar-refractivity contribution is 5.51. The normalized spacial score (nSPS) is 10.9. The summed E-state index contributed by atoms with van der Waals surface area (Å²) in [5.41, 5.74) is 3.13. The topological polar surface area (TPSA) is 84.7 Å². The van der Waals surface area contributed by atoms with Gasteiger partial charge in [-0.15, -0.1) is 0 Å². The lowest BCUT2D eigenvalue weighted by molar-refractivity contribution is 0.770. The van der Waals surface area contributed by atoms with Crippen LogP contribution in [0.15, 0.2) is 49.1 Å². The molecule has 0 radical (unpaired) electrons. The van der Waals surface area contributed by atoms with Gasteiger partial charge >= 0.3 is 0 Å². The Kier molecular flexibility index (Phi) is 3.71. The summed E-state index contributed by atoms with van der Waals surface area (Å²) in [6, 6.07) is 9.31. The highest BCUT2D eigenvalue weighted by Gasteiger charge is 2.14. The maximum atomic E-state index is 9.05. The molecule has 0 fully saturated rings. The van der Waals surface area contributed by atoms with Crippen molar-refractivity contribution < 1.29 is 0 Å². The molecule has 7 heteroatoms. The van der Waals surface area contributed by atoms with Crippen LogP contribution in [0.4, 0.5) is 0 Å². The van der Waals surface area contributed by atoms with Gasteiger partial charge in [0.2, 0.25) is 5.78 Å². The first-order chi connectivity index (χ1) is 12.3. The number of imidazole rings is 2. The number of nitriles is 1. The number of rotatable bonds is 4. The second kappa shape index (κ2) is 6.17. The molecule has 25 heavy (non-hydrogen) atoms. The number of aromatic nitrogens is 6. The summed E-state index contributed by atoms with van der Waals surface area (Å²) >= 11 is 0. The molecule has 0 saturated heterocycles. The Bertz CT molecular complexity index is 1080. The molecule has 0 spiro atoms. The summed E-state index contributed by atoms with van der Waals surface area (Å²) in [5, 5.41) is 9.05. The number of aryl methyl sites for hydroxylation is 1. The fourth-order valence-corrected chi connectivity index (χ4v) is 2.93. The third-order valence-electron chi connectivity index (χ3n) is 4.05. The van der Waals surface area contributed by atoms with E-state index >= 15 is 0 Å². The van der Waals surface area contributed by atoms with Gasteiger partial charge in [-0.3, -0.25) is 4.40 Å². The third kappa shape index (κ3) is 2.64. The number of nitrogens with zero attached hydrogens (tertiary/aromatic N) is 7. The molecular weight excluding hydrogens is 314 g/mol. The van der Waals surface area contributed by atoms with E-state index in [0.29, 0.717) is 29.5 Å². The molecule has 0 N–H and O–H groups in total. The zero-order valence-corrected chi connectivity index (χ0v) is 13.7. The first-order valence-electron chi connectivity index (χ1n) is 7.99. The van der Waals surface area contributed by atoms with Crippen LogP contribution in [0, 0.1) is 11.3 Å². The highest BCUT2D eigenvalue weighted by atomic mass is 15.1. The molecule has 0 atom stereocenters. The van der Waals surface area contributed by atoms with E-state index in [1.54, 1.807) is 18.5 Å². The second-order valence-electron chi connectivity index (χ2n) is 5.55. The van der Waals surface area contributed by atoms with E-state index in [-0.39, 0.29) is 0 Å². The van der Waals surface area contributed by atoms with E-state index in [1.807, 2.05) is 39.6 Å². The lowest BCUT2D eigenvalue weighted by atomic mass is 10.2. The van der Waals surface area contributed by atoms with Gasteiger partial charge in [0, 0.05) is 30.5 Å². The molecule has 0 amide bonds. The SMILES string of the molecule is CCc1c(Cn2ccnc2-c2cccc(C#N)n2)nc2ncccn12. The Labute approximate surface area is 144 Å². The summed E-state index contributed by atoms with van der Waals surface area (Å²) in [5.74, 6) is 1.41. The van der Waals surface area contributed by atoms with Crippen molar-refractivity contribution in [2.24, 2.45) is 0 Å². The lowest BCUT2D eigenvalue weighted by Crippen LogP contribution is -2.05. The second-order valence-corrected chi connectivity index (χ2v) is 5.55. The first-order valence-corrected chi connectivity index (χ1v) is 7.99. The molecular formula is C18H15N7. The zero-order valence-electron chi connectivity index (χ0n) is 13.7. The maximum Gasteiger partial charge on any atom is 0.234 e. The van der Waals surface area contributed by atoms with Crippen LogP contribution in [-0.4, -0.2) is 28.9 Å². The smallest absolute Gasteiger partial charge is 0.234 e. The lowest BCUT2D eigenvalue weighted by Gasteiger charge is -2.07. The van der Waals surface area contributed by atoms with E-state index < -0.39 is 0 Å². The Morgan fingerprint density at radius 2 is 2.00 bits per heavy atom. The van der Waals surface area contributed by atoms with Gasteiger partial charge in [-0.1, -0.05) is 13.0 Å². The molecule has 0 aliphatic carbocycles. The van der Waals surface area contributed by atoms with Crippen molar-refractivity contribution in [3.63, 3.8) is 0 Å². The minimum Gasteiger partial charge on any atom is -0.324 e. The number of hydrogen-bond donors (Lipinski definition) is 0. The molecule has 4 aromatic rings. The minimum absolute atomic E-state index is 0.373. The first kappa shape index (κ1) is 15.0. The summed E-state index contributed by atoms with van der Waals surface area (Å²) < 4.78 is 4.00. The molecule has 0 bridgehead atoms. The van der Waals surface area contributed by atoms with E-state index in [9.17, 15) is 0 Å². The van der Waals surface area contributed by atoms with Gasteiger partial charge in [-0.2, -0.15) is 5.26 Å². The van der Waals surface area contributed by atoms with Gasteiger partial charge in [0.25, 0.3) is 0 Å². The number of hydrogen-bond acceptors (Lipinski definition) is 5. The predicted molar refractivity (Wildman–Crippen MR) is 91.6 cm³/mol. The van der Waals surface area contributed by atoms with E-state index in [2.05, 4.69) is 32.9 Å². The molecule has 122 valence electrons. The summed E-state index contributed by atoms with van der Waals surface area (Å²) in [6.45, 7) is 2.67. The Morgan fingerprint density at radius 3 is 2.84 bits per heavy atom. The fraction of sp³-hybridized carbons (Fsp3) is 0.167. The van der Waals surface area contributed by atoms with Crippen LogP contribution in [0.2, 0.25) is 0 Å². The predicted octanol–water partition coefficient (Wildman–Crippen LogP) is 2.47. The van der Waals surface area contributed by atoms with Crippen LogP contribution < -0.4 is 0 Å². The van der Waals surface area contributed by atoms with E-state index in [0.717, 1.165) is 17.8 Å². The number of pyridine rings is 1. The van der Waals surface area contributed by atoms with Crippen molar-refractivity contribution in [3.8, 4) is 17.6 Å². The van der Waals surface area contributed by atoms with Crippen molar-refractivity contribution in [1.82, 2.24) is 28.9 Å². The molecule has 0 aliphatic heterocycles. The van der Waals surface area contributed by atoms with Crippen molar-refractivity contribution in [3.05, 3.63) is 66.1 Å². The van der Waals surface area contributed by atoms with Crippen LogP contribution >= 0.6 is 0 Å². The Morgan fingerprint density at radius 1 is 1.08 bits per heavy atom. The average molecular weight is 329 g/mol. The van der Waals surface area contributed by atoms with Crippen LogP contribution in [0.25, 0.3) is 17.3 Å². The molecule has 4 heterocycles. The maximum absolute atomic E-state index is 9.05. The Balaban J connectivity index is 1.76. The molecule has 0 saturated carbocycles. The molecule has 0 aromatic carbocycles. The number of fused-ring (bicyclic) bond motifs is 1. The van der Waals surface area contributed by atoms with Gasteiger partial charge in [0.15, 0.2) is 5.82 Å². The highest BCUT2D eigenvalue weighted by Crippen LogP contribution is 2.19. The molecule has 4 aromatic heterocycles. The molecule has 0 aliphatic rings. The third-order valence-corrected chi connectivity index (χ3v) is 4.05. The van der Waals surface area contributed by atoms with Crippen molar-refractivity contribution in [2.75, 3.05) is 0 Å². The monoisotopic (exact) mass is 329 g/mol. The van der Waals surface area contributed by atoms with Gasteiger partial charge in [-0.25, -0.2) is 19.9 Å². The summed E-state index contributed by atoms with van der Waals surface area (Å²) in [6.07, 6.45) is 8.20. The van der Waals surface area contributed by atoms with Gasteiger partial charge in [0.05, 0.1) is 12.2 Å². The van der Waals surface area contributed by atoms with Crippen molar-refractivity contribution in [2.45, 2.75) is 19.9 Å². The molecule has 0 unspecified atom stereocenters. The summed E-state index contributed by atoms with van der Waals surface area (Å²) in [7, 11) is 0. The fourth-order valence-electron chi connectivity index (χ4n) is 2.93. The molecule has 7 nitrogen and oxygen atoms in total. The minimum atomic E-state index is 0.373. The standard InChI is InChI=1S/C18H15N7/c1-2-16-15(23-18-21-7-4-9-25(16)18)12-24-10-8-20-17(24)14-6-3-5-13(11-19)22-14/h3-10H,2,12H2,1H3. The van der Waals surface area contributed by atoms with Gasteiger partial charge in [0.1, 0.15) is 17.5 Å². The van der Waals surface area contributed by atoms with Crippen LogP contribution in [0.3, 0.4) is 0 Å². The Hall–Kier alpha value is -3.53. The van der Waals surface area contributed by atoms with Crippen LogP contribution in [-0.2, 0) is 13.0 Å². The van der Waals surface area contributed by atoms with E-state index in [1.165, 1.54) is 0 Å². The van der Waals surface area contributed by atoms with Gasteiger partial charge < -0.3 is 4.57 Å². The quantitative estimate of drug-likeness (QED) is 0.574. The van der Waals surface area contributed by atoms with Crippen molar-refractivity contribution in [1.29, 1.82) is 5.26 Å². The van der Waals surface area contributed by atoms with Gasteiger partial charge in [-0.05, 0) is 24.6 Å². The average Bonchev–Trinajstić information content (AvgIpc) is 3.25. The van der Waals surface area contributed by atoms with Crippen LogP contribution in [0.5, 0.6) is 0 Å².